The zero-order valence-corrected chi connectivity index (χ0v) is 12.1. The van der Waals surface area contributed by atoms with Crippen molar-refractivity contribution in [1.29, 1.82) is 0 Å². The van der Waals surface area contributed by atoms with E-state index in [0.717, 1.165) is 24.9 Å². The molecule has 1 aromatic heterocycles. The molecule has 3 heteroatoms. The van der Waals surface area contributed by atoms with Gasteiger partial charge in [0, 0.05) is 23.0 Å². The van der Waals surface area contributed by atoms with E-state index < -0.39 is 0 Å². The van der Waals surface area contributed by atoms with Crippen LogP contribution in [0, 0.1) is 5.41 Å². The van der Waals surface area contributed by atoms with Gasteiger partial charge in [0.15, 0.2) is 0 Å². The van der Waals surface area contributed by atoms with Crippen molar-refractivity contribution in [2.45, 2.75) is 38.8 Å². The first-order valence-electron chi connectivity index (χ1n) is 7.33. The molecule has 0 amide bonds. The molecular formula is C17H22N2O. The summed E-state index contributed by atoms with van der Waals surface area (Å²) < 4.78 is 0. The average Bonchev–Trinajstić information content (AvgIpc) is 2.46. The summed E-state index contributed by atoms with van der Waals surface area (Å²) >= 11 is 0. The number of aromatic nitrogens is 1. The fourth-order valence-corrected chi connectivity index (χ4v) is 3.00. The smallest absolute Gasteiger partial charge is 0.0734 e. The maximum atomic E-state index is 9.75. The van der Waals surface area contributed by atoms with Crippen LogP contribution in [0.4, 0.5) is 0 Å². The van der Waals surface area contributed by atoms with Gasteiger partial charge in [-0.3, -0.25) is 4.98 Å². The molecule has 2 N–H and O–H groups in total. The van der Waals surface area contributed by atoms with E-state index in [4.69, 9.17) is 0 Å². The molecule has 2 atom stereocenters. The molecule has 3 rings (SSSR count). The summed E-state index contributed by atoms with van der Waals surface area (Å²) in [6.45, 7) is 5.17. The minimum atomic E-state index is -0.167. The van der Waals surface area contributed by atoms with Gasteiger partial charge in [0.25, 0.3) is 0 Å². The monoisotopic (exact) mass is 270 g/mol. The van der Waals surface area contributed by atoms with Crippen LogP contribution in [-0.4, -0.2) is 28.8 Å². The molecule has 2 aromatic rings. The lowest BCUT2D eigenvalue weighted by Gasteiger charge is -2.49. The number of hydrogen-bond acceptors (Lipinski definition) is 3. The number of aliphatic hydroxyl groups excluding tert-OH is 1. The molecular weight excluding hydrogens is 248 g/mol. The molecule has 2 unspecified atom stereocenters. The van der Waals surface area contributed by atoms with E-state index in [1.54, 1.807) is 0 Å². The van der Waals surface area contributed by atoms with Gasteiger partial charge in [-0.2, -0.15) is 0 Å². The highest BCUT2D eigenvalue weighted by molar-refractivity contribution is 5.81. The molecule has 1 aromatic carbocycles. The number of fused-ring (bicyclic) bond motifs is 1. The van der Waals surface area contributed by atoms with Gasteiger partial charge in [-0.15, -0.1) is 0 Å². The van der Waals surface area contributed by atoms with Gasteiger partial charge in [0.2, 0.25) is 0 Å². The van der Waals surface area contributed by atoms with Crippen LogP contribution < -0.4 is 5.32 Å². The van der Waals surface area contributed by atoms with E-state index in [2.05, 4.69) is 48.4 Å². The third-order valence-corrected chi connectivity index (χ3v) is 4.72. The largest absolute Gasteiger partial charge is 0.392 e. The predicted molar refractivity (Wildman–Crippen MR) is 81.6 cm³/mol. The fraction of sp³-hybridized carbons (Fsp3) is 0.471. The molecule has 0 aliphatic heterocycles. The molecule has 20 heavy (non-hydrogen) atoms. The Bertz CT molecular complexity index is 603. The standard InChI is InChI=1S/C17H22N2O/c1-17(2)14(11-15(17)20)18-10-8-13-6-3-5-12-7-4-9-19-16(12)13/h3-7,9,14-15,18,20H,8,10-11H2,1-2H3. The summed E-state index contributed by atoms with van der Waals surface area (Å²) in [5, 5.41) is 14.5. The highest BCUT2D eigenvalue weighted by Crippen LogP contribution is 2.40. The van der Waals surface area contributed by atoms with E-state index in [-0.39, 0.29) is 11.5 Å². The van der Waals surface area contributed by atoms with E-state index in [1.807, 2.05) is 12.3 Å². The average molecular weight is 270 g/mol. The molecule has 1 aliphatic carbocycles. The van der Waals surface area contributed by atoms with Gasteiger partial charge in [0.1, 0.15) is 0 Å². The first-order valence-corrected chi connectivity index (χ1v) is 7.33. The van der Waals surface area contributed by atoms with Crippen LogP contribution in [0.1, 0.15) is 25.8 Å². The molecule has 0 radical (unpaired) electrons. The SMILES string of the molecule is CC1(C)C(O)CC1NCCc1cccc2cccnc12. The van der Waals surface area contributed by atoms with E-state index >= 15 is 0 Å². The van der Waals surface area contributed by atoms with Gasteiger partial charge in [-0.05, 0) is 31.0 Å². The molecule has 1 saturated carbocycles. The van der Waals surface area contributed by atoms with Crippen molar-refractivity contribution in [2.24, 2.45) is 5.41 Å². The molecule has 1 fully saturated rings. The minimum Gasteiger partial charge on any atom is -0.392 e. The number of hydrogen-bond donors (Lipinski definition) is 2. The van der Waals surface area contributed by atoms with E-state index in [0.29, 0.717) is 6.04 Å². The summed E-state index contributed by atoms with van der Waals surface area (Å²) in [6, 6.07) is 10.8. The maximum absolute atomic E-state index is 9.75. The minimum absolute atomic E-state index is 0.00297. The highest BCUT2D eigenvalue weighted by Gasteiger charge is 2.46. The van der Waals surface area contributed by atoms with Crippen LogP contribution >= 0.6 is 0 Å². The Balaban J connectivity index is 1.64. The molecule has 1 aliphatic rings. The zero-order valence-electron chi connectivity index (χ0n) is 12.1. The number of nitrogens with zero attached hydrogens (tertiary/aromatic N) is 1. The van der Waals surface area contributed by atoms with Crippen molar-refractivity contribution in [3.05, 3.63) is 42.1 Å². The van der Waals surface area contributed by atoms with Gasteiger partial charge in [0.05, 0.1) is 11.6 Å². The Morgan fingerprint density at radius 2 is 2.10 bits per heavy atom. The van der Waals surface area contributed by atoms with Crippen molar-refractivity contribution in [3.8, 4) is 0 Å². The third-order valence-electron chi connectivity index (χ3n) is 4.72. The molecule has 0 spiro atoms. The Morgan fingerprint density at radius 1 is 1.30 bits per heavy atom. The van der Waals surface area contributed by atoms with E-state index in [9.17, 15) is 5.11 Å². The number of rotatable bonds is 4. The van der Waals surface area contributed by atoms with Gasteiger partial charge >= 0.3 is 0 Å². The van der Waals surface area contributed by atoms with Gasteiger partial charge < -0.3 is 10.4 Å². The highest BCUT2D eigenvalue weighted by atomic mass is 16.3. The lowest BCUT2D eigenvalue weighted by Crippen LogP contribution is -2.60. The Morgan fingerprint density at radius 3 is 2.85 bits per heavy atom. The number of aliphatic hydroxyl groups is 1. The van der Waals surface area contributed by atoms with Crippen molar-refractivity contribution >= 4 is 10.9 Å². The van der Waals surface area contributed by atoms with Crippen molar-refractivity contribution in [1.82, 2.24) is 10.3 Å². The molecule has 106 valence electrons. The third kappa shape index (κ3) is 2.32. The summed E-state index contributed by atoms with van der Waals surface area (Å²) in [5.41, 5.74) is 2.38. The summed E-state index contributed by atoms with van der Waals surface area (Å²) in [7, 11) is 0. The van der Waals surface area contributed by atoms with Crippen LogP contribution in [0.25, 0.3) is 10.9 Å². The Labute approximate surface area is 120 Å². The van der Waals surface area contributed by atoms with Crippen molar-refractivity contribution in [3.63, 3.8) is 0 Å². The van der Waals surface area contributed by atoms with Crippen LogP contribution in [-0.2, 0) is 6.42 Å². The summed E-state index contributed by atoms with van der Waals surface area (Å²) in [4.78, 5) is 4.49. The van der Waals surface area contributed by atoms with Crippen molar-refractivity contribution in [2.75, 3.05) is 6.54 Å². The number of nitrogens with one attached hydrogen (secondary N) is 1. The van der Waals surface area contributed by atoms with Gasteiger partial charge in [-0.1, -0.05) is 38.1 Å². The van der Waals surface area contributed by atoms with Crippen LogP contribution in [0.2, 0.25) is 0 Å². The second-order valence-electron chi connectivity index (χ2n) is 6.32. The summed E-state index contributed by atoms with van der Waals surface area (Å²) in [5.74, 6) is 0. The number of benzene rings is 1. The second-order valence-corrected chi connectivity index (χ2v) is 6.32. The Hall–Kier alpha value is -1.45. The lowest BCUT2D eigenvalue weighted by atomic mass is 9.64. The van der Waals surface area contributed by atoms with Crippen molar-refractivity contribution < 1.29 is 5.11 Å². The van der Waals surface area contributed by atoms with Crippen LogP contribution in [0.3, 0.4) is 0 Å². The topological polar surface area (TPSA) is 45.1 Å². The predicted octanol–water partition coefficient (Wildman–Crippen LogP) is 2.53. The zero-order chi connectivity index (χ0) is 14.2. The second kappa shape index (κ2) is 5.15. The molecule has 1 heterocycles. The molecule has 3 nitrogen and oxygen atoms in total. The van der Waals surface area contributed by atoms with Crippen LogP contribution in [0.15, 0.2) is 36.5 Å². The number of para-hydroxylation sites is 1. The van der Waals surface area contributed by atoms with E-state index in [1.165, 1.54) is 10.9 Å². The first kappa shape index (κ1) is 13.5. The lowest BCUT2D eigenvalue weighted by molar-refractivity contribution is -0.0720. The quantitative estimate of drug-likeness (QED) is 0.897. The summed E-state index contributed by atoms with van der Waals surface area (Å²) in [6.07, 6.45) is 3.52. The first-order chi connectivity index (χ1) is 9.59. The van der Waals surface area contributed by atoms with Crippen LogP contribution in [0.5, 0.6) is 0 Å². The number of pyridine rings is 1. The maximum Gasteiger partial charge on any atom is 0.0734 e. The molecule has 0 saturated heterocycles. The molecule has 0 bridgehead atoms. The Kier molecular flexibility index (Phi) is 3.48. The fourth-order valence-electron chi connectivity index (χ4n) is 3.00. The normalized spacial score (nSPS) is 24.6. The van der Waals surface area contributed by atoms with Gasteiger partial charge in [-0.25, -0.2) is 0 Å².